The summed E-state index contributed by atoms with van der Waals surface area (Å²) >= 11 is 1.57. The Bertz CT molecular complexity index is 551. The van der Waals surface area contributed by atoms with Gasteiger partial charge in [-0.05, 0) is 19.8 Å². The van der Waals surface area contributed by atoms with E-state index < -0.39 is 0 Å². The van der Waals surface area contributed by atoms with Crippen molar-refractivity contribution in [3.63, 3.8) is 0 Å². The number of nitrogen functional groups attached to an aromatic ring is 1. The van der Waals surface area contributed by atoms with Gasteiger partial charge in [0.1, 0.15) is 0 Å². The molecular formula is C12H18N4S. The second-order valence-corrected chi connectivity index (χ2v) is 5.65. The number of aryl methyl sites for hydroxylation is 2. The molecule has 2 aromatic heterocycles. The fourth-order valence-corrected chi connectivity index (χ4v) is 2.88. The highest BCUT2D eigenvalue weighted by atomic mass is 32.1. The predicted molar refractivity (Wildman–Crippen MR) is 72.3 cm³/mol. The normalized spacial score (nSPS) is 11.4. The number of hydrogen-bond acceptors (Lipinski definition) is 4. The average Bonchev–Trinajstić information content (AvgIpc) is 2.70. The molecule has 0 spiro atoms. The third-order valence-electron chi connectivity index (χ3n) is 2.94. The lowest BCUT2D eigenvalue weighted by molar-refractivity contribution is 0.731. The monoisotopic (exact) mass is 250 g/mol. The minimum atomic E-state index is 0.429. The Hall–Kier alpha value is -1.36. The van der Waals surface area contributed by atoms with Gasteiger partial charge in [-0.1, -0.05) is 13.8 Å². The first-order valence-electron chi connectivity index (χ1n) is 5.68. The summed E-state index contributed by atoms with van der Waals surface area (Å²) in [6.45, 7) is 8.41. The number of thiazole rings is 1. The molecule has 2 rings (SSSR count). The van der Waals surface area contributed by atoms with Crippen molar-refractivity contribution in [1.29, 1.82) is 0 Å². The summed E-state index contributed by atoms with van der Waals surface area (Å²) in [5.41, 5.74) is 10.1. The molecular weight excluding hydrogens is 232 g/mol. The molecule has 0 amide bonds. The van der Waals surface area contributed by atoms with Gasteiger partial charge in [-0.25, -0.2) is 4.98 Å². The van der Waals surface area contributed by atoms with Crippen LogP contribution in [0.2, 0.25) is 0 Å². The molecule has 17 heavy (non-hydrogen) atoms. The van der Waals surface area contributed by atoms with Crippen molar-refractivity contribution in [2.75, 3.05) is 5.73 Å². The second-order valence-electron chi connectivity index (χ2n) is 4.59. The van der Waals surface area contributed by atoms with Crippen LogP contribution in [0.4, 0.5) is 5.13 Å². The van der Waals surface area contributed by atoms with E-state index in [0.29, 0.717) is 11.0 Å². The summed E-state index contributed by atoms with van der Waals surface area (Å²) in [5.74, 6) is 0.429. The highest BCUT2D eigenvalue weighted by Crippen LogP contribution is 2.37. The molecule has 5 heteroatoms. The van der Waals surface area contributed by atoms with Crippen molar-refractivity contribution in [3.8, 4) is 11.3 Å². The highest BCUT2D eigenvalue weighted by molar-refractivity contribution is 7.15. The fourth-order valence-electron chi connectivity index (χ4n) is 2.04. The maximum atomic E-state index is 5.84. The average molecular weight is 250 g/mol. The van der Waals surface area contributed by atoms with E-state index in [2.05, 4.69) is 30.9 Å². The zero-order valence-electron chi connectivity index (χ0n) is 10.9. The third kappa shape index (κ3) is 1.95. The molecule has 0 aliphatic rings. The Labute approximate surface area is 105 Å². The smallest absolute Gasteiger partial charge is 0.180 e. The minimum Gasteiger partial charge on any atom is -0.375 e. The summed E-state index contributed by atoms with van der Waals surface area (Å²) in [7, 11) is 1.95. The van der Waals surface area contributed by atoms with Gasteiger partial charge in [0, 0.05) is 23.2 Å². The van der Waals surface area contributed by atoms with Gasteiger partial charge in [0.05, 0.1) is 11.4 Å². The van der Waals surface area contributed by atoms with Crippen LogP contribution in [-0.4, -0.2) is 14.8 Å². The molecule has 2 aromatic rings. The van der Waals surface area contributed by atoms with Crippen molar-refractivity contribution >= 4 is 16.5 Å². The molecule has 0 aliphatic carbocycles. The van der Waals surface area contributed by atoms with Crippen LogP contribution in [0.15, 0.2) is 0 Å². The lowest BCUT2D eigenvalue weighted by atomic mass is 10.0. The van der Waals surface area contributed by atoms with Crippen LogP contribution in [0.3, 0.4) is 0 Å². The van der Waals surface area contributed by atoms with Crippen LogP contribution in [0, 0.1) is 13.8 Å². The zero-order chi connectivity index (χ0) is 12.7. The van der Waals surface area contributed by atoms with Crippen molar-refractivity contribution in [2.24, 2.45) is 7.05 Å². The molecule has 92 valence electrons. The zero-order valence-corrected chi connectivity index (χ0v) is 11.7. The van der Waals surface area contributed by atoms with E-state index in [-0.39, 0.29) is 0 Å². The van der Waals surface area contributed by atoms with Crippen molar-refractivity contribution in [3.05, 3.63) is 16.3 Å². The Morgan fingerprint density at radius 2 is 1.94 bits per heavy atom. The Kier molecular flexibility index (Phi) is 2.95. The number of aromatic nitrogens is 3. The Morgan fingerprint density at radius 3 is 2.41 bits per heavy atom. The number of rotatable bonds is 2. The molecule has 0 aliphatic heterocycles. The second kappa shape index (κ2) is 4.14. The standard InChI is InChI=1S/C12H18N4S/c1-6(2)11-10(14-12(13)17-11)9-7(3)15-16(5)8(9)4/h6H,1-5H3,(H2,13,14). The third-order valence-corrected chi connectivity index (χ3v) is 4.13. The summed E-state index contributed by atoms with van der Waals surface area (Å²) in [6, 6.07) is 0. The first kappa shape index (κ1) is 12.1. The quantitative estimate of drug-likeness (QED) is 0.891. The van der Waals surface area contributed by atoms with Gasteiger partial charge >= 0.3 is 0 Å². The fraction of sp³-hybridized carbons (Fsp3) is 0.500. The molecule has 0 saturated carbocycles. The molecule has 0 aromatic carbocycles. The SMILES string of the molecule is Cc1nn(C)c(C)c1-c1nc(N)sc1C(C)C. The minimum absolute atomic E-state index is 0.429. The van der Waals surface area contributed by atoms with Gasteiger partial charge < -0.3 is 5.73 Å². The molecule has 0 unspecified atom stereocenters. The number of nitrogens with zero attached hydrogens (tertiary/aromatic N) is 3. The van der Waals surface area contributed by atoms with E-state index in [9.17, 15) is 0 Å². The van der Waals surface area contributed by atoms with Crippen LogP contribution in [0.5, 0.6) is 0 Å². The van der Waals surface area contributed by atoms with Gasteiger partial charge in [0.15, 0.2) is 5.13 Å². The maximum absolute atomic E-state index is 5.84. The van der Waals surface area contributed by atoms with Gasteiger partial charge in [0.2, 0.25) is 0 Å². The topological polar surface area (TPSA) is 56.7 Å². The van der Waals surface area contributed by atoms with E-state index in [0.717, 1.165) is 22.6 Å². The first-order valence-corrected chi connectivity index (χ1v) is 6.50. The molecule has 0 fully saturated rings. The molecule has 0 radical (unpaired) electrons. The Balaban J connectivity index is 2.68. The summed E-state index contributed by atoms with van der Waals surface area (Å²) in [4.78, 5) is 5.72. The largest absolute Gasteiger partial charge is 0.375 e. The van der Waals surface area contributed by atoms with Crippen molar-refractivity contribution < 1.29 is 0 Å². The van der Waals surface area contributed by atoms with Gasteiger partial charge in [-0.2, -0.15) is 5.10 Å². The number of nitrogens with two attached hydrogens (primary N) is 1. The van der Waals surface area contributed by atoms with E-state index in [1.54, 1.807) is 11.3 Å². The summed E-state index contributed by atoms with van der Waals surface area (Å²) < 4.78 is 1.89. The number of hydrogen-bond donors (Lipinski definition) is 1. The Morgan fingerprint density at radius 1 is 1.29 bits per heavy atom. The van der Waals surface area contributed by atoms with E-state index >= 15 is 0 Å². The van der Waals surface area contributed by atoms with Gasteiger partial charge in [-0.15, -0.1) is 11.3 Å². The van der Waals surface area contributed by atoms with E-state index in [1.807, 2.05) is 18.7 Å². The molecule has 4 nitrogen and oxygen atoms in total. The summed E-state index contributed by atoms with van der Waals surface area (Å²) in [6.07, 6.45) is 0. The van der Waals surface area contributed by atoms with Crippen molar-refractivity contribution in [1.82, 2.24) is 14.8 Å². The number of anilines is 1. The lowest BCUT2D eigenvalue weighted by Gasteiger charge is -2.05. The predicted octanol–water partition coefficient (Wildman–Crippen LogP) is 2.87. The van der Waals surface area contributed by atoms with E-state index in [4.69, 9.17) is 5.73 Å². The first-order chi connectivity index (χ1) is 7.91. The van der Waals surface area contributed by atoms with Crippen LogP contribution in [0.1, 0.15) is 36.0 Å². The molecule has 0 atom stereocenters. The molecule has 2 N–H and O–H groups in total. The lowest BCUT2D eigenvalue weighted by Crippen LogP contribution is -1.94. The highest BCUT2D eigenvalue weighted by Gasteiger charge is 2.20. The van der Waals surface area contributed by atoms with Gasteiger partial charge in [-0.3, -0.25) is 4.68 Å². The van der Waals surface area contributed by atoms with Crippen LogP contribution in [-0.2, 0) is 7.05 Å². The van der Waals surface area contributed by atoms with Crippen LogP contribution in [0.25, 0.3) is 11.3 Å². The van der Waals surface area contributed by atoms with Crippen LogP contribution < -0.4 is 5.73 Å². The summed E-state index contributed by atoms with van der Waals surface area (Å²) in [5, 5.41) is 5.07. The van der Waals surface area contributed by atoms with Gasteiger partial charge in [0.25, 0.3) is 0 Å². The van der Waals surface area contributed by atoms with Crippen molar-refractivity contribution in [2.45, 2.75) is 33.6 Å². The molecule has 2 heterocycles. The maximum Gasteiger partial charge on any atom is 0.180 e. The van der Waals surface area contributed by atoms with E-state index in [1.165, 1.54) is 4.88 Å². The van der Waals surface area contributed by atoms with Crippen LogP contribution >= 0.6 is 11.3 Å². The molecule has 0 saturated heterocycles. The molecule has 0 bridgehead atoms.